The van der Waals surface area contributed by atoms with Gasteiger partial charge < -0.3 is 51.5 Å². The van der Waals surface area contributed by atoms with Crippen molar-refractivity contribution in [1.29, 1.82) is 0 Å². The third-order valence-electron chi connectivity index (χ3n) is 16.3. The van der Waals surface area contributed by atoms with Gasteiger partial charge in [0.25, 0.3) is 8.32 Å². The molecule has 418 valence electrons. The molecule has 5 aromatic rings. The summed E-state index contributed by atoms with van der Waals surface area (Å²) in [6.07, 6.45) is 3.93. The lowest BCUT2D eigenvalue weighted by Crippen LogP contribution is -2.66. The molecule has 12 nitrogen and oxygen atoms in total. The molecule has 2 fully saturated rings. The highest BCUT2D eigenvalue weighted by molar-refractivity contribution is 6.99. The van der Waals surface area contributed by atoms with Gasteiger partial charge in [-0.25, -0.2) is 0 Å². The molecule has 14 heteroatoms. The molecule has 11 atom stereocenters. The van der Waals surface area contributed by atoms with Gasteiger partial charge >= 0.3 is 5.97 Å². The molecule has 5 aromatic carbocycles. The summed E-state index contributed by atoms with van der Waals surface area (Å²) in [4.78, 5) is 13.4. The van der Waals surface area contributed by atoms with Gasteiger partial charge in [0.15, 0.2) is 14.6 Å². The highest BCUT2D eigenvalue weighted by atomic mass is 28.4. The summed E-state index contributed by atoms with van der Waals surface area (Å²) in [5.41, 5.74) is 1.94. The maximum Gasteiger partial charge on any atom is 0.304 e. The second-order valence-electron chi connectivity index (χ2n) is 22.2. The molecule has 9 rings (SSSR count). The Morgan fingerprint density at radius 3 is 2.06 bits per heavy atom. The number of fused-ring (bicyclic) bond motifs is 3. The number of ether oxygens (including phenoxy) is 9. The van der Waals surface area contributed by atoms with Crippen LogP contribution in [0.5, 0.6) is 5.75 Å². The van der Waals surface area contributed by atoms with Gasteiger partial charge in [0, 0.05) is 25.5 Å². The summed E-state index contributed by atoms with van der Waals surface area (Å²) in [7, 11) is -3.64. The fourth-order valence-corrected chi connectivity index (χ4v) is 19.4. The van der Waals surface area contributed by atoms with Crippen molar-refractivity contribution in [3.63, 3.8) is 0 Å². The first-order chi connectivity index (χ1) is 37.9. The van der Waals surface area contributed by atoms with E-state index in [0.29, 0.717) is 39.1 Å². The molecule has 4 heterocycles. The van der Waals surface area contributed by atoms with Crippen molar-refractivity contribution in [1.82, 2.24) is 0 Å². The molecule has 0 aromatic heterocycles. The summed E-state index contributed by atoms with van der Waals surface area (Å²) in [5.74, 6) is 0.284. The second kappa shape index (κ2) is 26.6. The number of hydrogen-bond donors (Lipinski definition) is 0. The lowest BCUT2D eigenvalue weighted by atomic mass is 9.91. The van der Waals surface area contributed by atoms with E-state index in [1.54, 1.807) is 7.11 Å². The Hall–Kier alpha value is -4.82. The number of methoxy groups -OCH3 is 1. The van der Waals surface area contributed by atoms with Gasteiger partial charge in [-0.2, -0.15) is 0 Å². The lowest BCUT2D eigenvalue weighted by Gasteiger charge is -2.49. The number of hydrogen-bond acceptors (Lipinski definition) is 12. The molecule has 4 aliphatic rings. The minimum Gasteiger partial charge on any atom is -0.497 e. The minimum atomic E-state index is -2.94. The van der Waals surface area contributed by atoms with Crippen LogP contribution in [0.2, 0.25) is 23.2 Å². The minimum absolute atomic E-state index is 0.182. The van der Waals surface area contributed by atoms with E-state index in [-0.39, 0.29) is 24.2 Å². The van der Waals surface area contributed by atoms with Crippen LogP contribution in [0.15, 0.2) is 152 Å². The van der Waals surface area contributed by atoms with Gasteiger partial charge in [-0.1, -0.05) is 175 Å². The zero-order chi connectivity index (χ0) is 54.7. The van der Waals surface area contributed by atoms with E-state index in [9.17, 15) is 4.79 Å². The monoisotopic (exact) mass is 1100 g/mol. The van der Waals surface area contributed by atoms with Gasteiger partial charge in [0.05, 0.1) is 51.3 Å². The van der Waals surface area contributed by atoms with Crippen molar-refractivity contribution in [2.75, 3.05) is 26.9 Å². The van der Waals surface area contributed by atoms with E-state index in [1.165, 1.54) is 22.7 Å². The third-order valence-corrected chi connectivity index (χ3v) is 26.0. The first kappa shape index (κ1) is 57.9. The Morgan fingerprint density at radius 1 is 0.718 bits per heavy atom. The van der Waals surface area contributed by atoms with Crippen LogP contribution in [0, 0.1) is 0 Å². The summed E-state index contributed by atoms with van der Waals surface area (Å²) in [5, 5.41) is 4.45. The number of esters is 1. The van der Waals surface area contributed by atoms with Gasteiger partial charge in [-0.3, -0.25) is 4.79 Å². The maximum atomic E-state index is 13.4. The normalized spacial score (nSPS) is 26.6. The van der Waals surface area contributed by atoms with Crippen LogP contribution in [-0.2, 0) is 58.1 Å². The molecular formula is C64H82O12Si2. The summed E-state index contributed by atoms with van der Waals surface area (Å²) < 4.78 is 75.3. The molecule has 2 saturated heterocycles. The number of carbonyl (C=O) groups excluding carboxylic acids is 1. The Kier molecular flexibility index (Phi) is 19.8. The first-order valence-electron chi connectivity index (χ1n) is 28.4. The van der Waals surface area contributed by atoms with E-state index < -0.39 is 84.0 Å². The molecule has 78 heavy (non-hydrogen) atoms. The van der Waals surface area contributed by atoms with E-state index in [4.69, 9.17) is 51.5 Å². The van der Waals surface area contributed by atoms with Crippen molar-refractivity contribution < 1.29 is 56.3 Å². The zero-order valence-corrected chi connectivity index (χ0v) is 49.0. The summed E-state index contributed by atoms with van der Waals surface area (Å²) in [6.45, 7) is 16.4. The standard InChI is InChI=1S/C64H82O12Si2/c1-9-77(10-2,11-3)76-61-57(73-56-29-20-21-39-67-60(56)62(61)68-43-46-32-33-47-23-18-19-24-49(47)41-46)42-59(71-45(4)65)74-53-30-22-31-54-58(44-69-63(75-54)48-34-36-50(66-8)37-35-48)72-55(53)38-40-70-78(64(5,6)7,51-25-14-12-15-26-51)52-27-16-13-17-28-52/h12-28,31-37,41,53-63H,9-11,29-30,38-40,42-44H2,1-8H3/b31-22-/t53-,54+,55+,56+,57-,58-,59?,60+,61-,62-,63-/m1/s1. The van der Waals surface area contributed by atoms with E-state index in [2.05, 4.69) is 157 Å². The predicted octanol–water partition coefficient (Wildman–Crippen LogP) is 11.7. The van der Waals surface area contributed by atoms with Crippen molar-refractivity contribution in [2.24, 2.45) is 0 Å². The van der Waals surface area contributed by atoms with E-state index in [0.717, 1.165) is 40.4 Å². The van der Waals surface area contributed by atoms with Crippen molar-refractivity contribution in [3.05, 3.63) is 163 Å². The fourth-order valence-electron chi connectivity index (χ4n) is 11.9. The third kappa shape index (κ3) is 13.5. The molecule has 0 spiro atoms. The van der Waals surface area contributed by atoms with Gasteiger partial charge in [0.1, 0.15) is 36.3 Å². The smallest absolute Gasteiger partial charge is 0.304 e. The number of benzene rings is 5. The molecular weight excluding hydrogens is 1020 g/mol. The molecule has 0 aliphatic carbocycles. The molecule has 0 bridgehead atoms. The quantitative estimate of drug-likeness (QED) is 0.0301. The first-order valence-corrected chi connectivity index (χ1v) is 32.8. The van der Waals surface area contributed by atoms with Crippen LogP contribution >= 0.6 is 0 Å². The number of carbonyl (C=O) groups is 1. The largest absolute Gasteiger partial charge is 0.497 e. The highest BCUT2D eigenvalue weighted by Gasteiger charge is 2.53. The Labute approximate surface area is 464 Å². The van der Waals surface area contributed by atoms with Crippen LogP contribution in [0.25, 0.3) is 10.8 Å². The van der Waals surface area contributed by atoms with Crippen LogP contribution < -0.4 is 15.1 Å². The van der Waals surface area contributed by atoms with Crippen molar-refractivity contribution >= 4 is 43.7 Å². The fraction of sp³-hybridized carbons (Fsp3) is 0.484. The summed E-state index contributed by atoms with van der Waals surface area (Å²) in [6, 6.07) is 46.6. The molecule has 0 N–H and O–H groups in total. The zero-order valence-electron chi connectivity index (χ0n) is 47.0. The van der Waals surface area contributed by atoms with E-state index in [1.807, 2.05) is 36.4 Å². The topological polar surface area (TPSA) is 119 Å². The van der Waals surface area contributed by atoms with Crippen LogP contribution in [0.4, 0.5) is 0 Å². The lowest BCUT2D eigenvalue weighted by molar-refractivity contribution is -0.281. The molecule has 4 aliphatic heterocycles. The molecule has 1 unspecified atom stereocenters. The van der Waals surface area contributed by atoms with Crippen molar-refractivity contribution in [3.8, 4) is 5.75 Å². The Morgan fingerprint density at radius 2 is 1.40 bits per heavy atom. The van der Waals surface area contributed by atoms with Crippen LogP contribution in [-0.4, -0.2) is 111 Å². The summed E-state index contributed by atoms with van der Waals surface area (Å²) >= 11 is 0. The van der Waals surface area contributed by atoms with E-state index >= 15 is 0 Å². The molecule has 0 amide bonds. The number of rotatable bonds is 21. The highest BCUT2D eigenvalue weighted by Crippen LogP contribution is 2.41. The SMILES string of the molecule is CC[Si](CC)(CC)O[C@H]1[C@H](OCc2ccc3ccccc3c2)[C@H]2OCC=CC[C@@H]2O[C@@H]1CC(OC(C)=O)O[C@@H]1C/C=C\[C@@H]2O[C@H](c3ccc(OC)cc3)OC[C@H]2O[C@H]1CCO[Si](c1ccccc1)(c1ccccc1)C(C)(C)C. The van der Waals surface area contributed by atoms with Gasteiger partial charge in [0.2, 0.25) is 6.29 Å². The average Bonchev–Trinajstić information content (AvgIpc) is 3.83. The van der Waals surface area contributed by atoms with Crippen LogP contribution in [0.3, 0.4) is 0 Å². The van der Waals surface area contributed by atoms with Gasteiger partial charge in [-0.05, 0) is 87.3 Å². The van der Waals surface area contributed by atoms with Gasteiger partial charge in [-0.15, -0.1) is 0 Å². The molecule has 0 radical (unpaired) electrons. The average molecular weight is 1100 g/mol. The predicted molar refractivity (Wildman–Crippen MR) is 309 cm³/mol. The second-order valence-corrected chi connectivity index (χ2v) is 31.2. The maximum absolute atomic E-state index is 13.4. The molecule has 0 saturated carbocycles. The Balaban J connectivity index is 1.04. The van der Waals surface area contributed by atoms with Crippen molar-refractivity contribution in [2.45, 2.75) is 171 Å². The Bertz CT molecular complexity index is 2680. The van der Waals surface area contributed by atoms with Crippen LogP contribution in [0.1, 0.15) is 91.6 Å².